The molecule has 1 atom stereocenters. The van der Waals surface area contributed by atoms with Crippen LogP contribution in [0.3, 0.4) is 0 Å². The summed E-state index contributed by atoms with van der Waals surface area (Å²) in [5.41, 5.74) is 2.92. The molecule has 186 valence electrons. The van der Waals surface area contributed by atoms with Gasteiger partial charge in [-0.1, -0.05) is 30.3 Å². The second-order valence-electron chi connectivity index (χ2n) is 8.92. The number of nitrogens with zero attached hydrogens (tertiary/aromatic N) is 3. The predicted octanol–water partition coefficient (Wildman–Crippen LogP) is 5.43. The van der Waals surface area contributed by atoms with E-state index >= 15 is 0 Å². The van der Waals surface area contributed by atoms with Gasteiger partial charge in [0.15, 0.2) is 11.5 Å². The maximum absolute atomic E-state index is 13.0. The minimum atomic E-state index is 0.0286. The number of amides is 1. The lowest BCUT2D eigenvalue weighted by atomic mass is 10.1. The van der Waals surface area contributed by atoms with Crippen molar-refractivity contribution in [3.8, 4) is 17.2 Å². The molecule has 1 saturated heterocycles. The van der Waals surface area contributed by atoms with Gasteiger partial charge < -0.3 is 23.7 Å². The Balaban J connectivity index is 1.29. The van der Waals surface area contributed by atoms with Gasteiger partial charge in [-0.25, -0.2) is 4.98 Å². The third kappa shape index (κ3) is 4.87. The monoisotopic (exact) mass is 485 g/mol. The van der Waals surface area contributed by atoms with Crippen molar-refractivity contribution in [2.45, 2.75) is 31.7 Å². The van der Waals surface area contributed by atoms with E-state index in [1.165, 1.54) is 0 Å². The molecule has 0 aliphatic carbocycles. The van der Waals surface area contributed by atoms with E-state index in [9.17, 15) is 4.79 Å². The van der Waals surface area contributed by atoms with Crippen LogP contribution in [-0.4, -0.2) is 42.8 Å². The van der Waals surface area contributed by atoms with E-state index < -0.39 is 0 Å². The van der Waals surface area contributed by atoms with Crippen LogP contribution in [0.5, 0.6) is 17.2 Å². The second-order valence-corrected chi connectivity index (χ2v) is 8.92. The van der Waals surface area contributed by atoms with Crippen molar-refractivity contribution in [2.24, 2.45) is 0 Å². The van der Waals surface area contributed by atoms with Gasteiger partial charge in [0, 0.05) is 37.2 Å². The van der Waals surface area contributed by atoms with Gasteiger partial charge in [-0.2, -0.15) is 0 Å². The van der Waals surface area contributed by atoms with Crippen LogP contribution in [0.2, 0.25) is 0 Å². The number of anilines is 1. The Morgan fingerprint density at radius 2 is 1.72 bits per heavy atom. The van der Waals surface area contributed by atoms with Crippen molar-refractivity contribution in [3.05, 3.63) is 78.6 Å². The number of imidazole rings is 1. The number of para-hydroxylation sites is 4. The van der Waals surface area contributed by atoms with E-state index in [4.69, 9.17) is 19.2 Å². The summed E-state index contributed by atoms with van der Waals surface area (Å²) in [4.78, 5) is 19.8. The van der Waals surface area contributed by atoms with Crippen molar-refractivity contribution in [2.75, 3.05) is 32.3 Å². The summed E-state index contributed by atoms with van der Waals surface area (Å²) >= 11 is 0. The highest BCUT2D eigenvalue weighted by Crippen LogP contribution is 2.34. The average molecular weight is 486 g/mol. The lowest BCUT2D eigenvalue weighted by Gasteiger charge is -2.18. The maximum Gasteiger partial charge on any atom is 0.227 e. The summed E-state index contributed by atoms with van der Waals surface area (Å²) in [5, 5.41) is 0. The molecule has 3 aromatic carbocycles. The van der Waals surface area contributed by atoms with Crippen molar-refractivity contribution in [1.29, 1.82) is 0 Å². The fourth-order valence-corrected chi connectivity index (χ4v) is 4.84. The molecule has 1 aliphatic rings. The Morgan fingerprint density at radius 3 is 2.56 bits per heavy atom. The third-order valence-corrected chi connectivity index (χ3v) is 6.64. The van der Waals surface area contributed by atoms with E-state index in [1.807, 2.05) is 71.6 Å². The normalized spacial score (nSPS) is 15.4. The molecule has 0 saturated carbocycles. The van der Waals surface area contributed by atoms with E-state index in [2.05, 4.69) is 10.6 Å². The number of methoxy groups -OCH3 is 2. The Bertz CT molecular complexity index is 1350. The molecule has 1 aromatic heterocycles. The first-order chi connectivity index (χ1) is 17.7. The molecule has 36 heavy (non-hydrogen) atoms. The first-order valence-electron chi connectivity index (χ1n) is 12.3. The van der Waals surface area contributed by atoms with Crippen LogP contribution >= 0.6 is 0 Å². The van der Waals surface area contributed by atoms with Crippen molar-refractivity contribution >= 4 is 22.6 Å². The van der Waals surface area contributed by atoms with Crippen molar-refractivity contribution < 1.29 is 19.0 Å². The standard InChI is InChI=1S/C29H31N3O4/c1-34-23-11-9-10-22(19-23)32-20-21(18-28(32)33)29-30-24-12-3-4-13-25(24)31(29)16-7-8-17-36-27-15-6-5-14-26(27)35-2/h3-6,9-15,19,21H,7-8,16-18,20H2,1-2H3. The number of hydrogen-bond acceptors (Lipinski definition) is 5. The third-order valence-electron chi connectivity index (χ3n) is 6.64. The zero-order valence-corrected chi connectivity index (χ0v) is 20.7. The van der Waals surface area contributed by atoms with Crippen LogP contribution in [0, 0.1) is 0 Å². The molecular weight excluding hydrogens is 454 g/mol. The number of hydrogen-bond donors (Lipinski definition) is 0. The largest absolute Gasteiger partial charge is 0.497 e. The van der Waals surface area contributed by atoms with Gasteiger partial charge >= 0.3 is 0 Å². The molecule has 0 spiro atoms. The highest BCUT2D eigenvalue weighted by Gasteiger charge is 2.35. The summed E-state index contributed by atoms with van der Waals surface area (Å²) in [6, 6.07) is 23.5. The Kier molecular flexibility index (Phi) is 7.07. The molecule has 7 nitrogen and oxygen atoms in total. The Morgan fingerprint density at radius 1 is 0.917 bits per heavy atom. The predicted molar refractivity (Wildman–Crippen MR) is 140 cm³/mol. The van der Waals surface area contributed by atoms with Gasteiger partial charge in [-0.3, -0.25) is 4.79 Å². The Labute approximate surface area is 211 Å². The fraction of sp³-hybridized carbons (Fsp3) is 0.310. The quantitative estimate of drug-likeness (QED) is 0.280. The number of benzene rings is 3. The summed E-state index contributed by atoms with van der Waals surface area (Å²) in [5.74, 6) is 3.35. The van der Waals surface area contributed by atoms with Gasteiger partial charge in [0.1, 0.15) is 11.6 Å². The van der Waals surface area contributed by atoms with Gasteiger partial charge in [0.2, 0.25) is 5.91 Å². The molecule has 5 rings (SSSR count). The number of ether oxygens (including phenoxy) is 3. The van der Waals surface area contributed by atoms with Crippen molar-refractivity contribution in [1.82, 2.24) is 9.55 Å². The van der Waals surface area contributed by atoms with Crippen molar-refractivity contribution in [3.63, 3.8) is 0 Å². The molecule has 1 aliphatic heterocycles. The van der Waals surface area contributed by atoms with E-state index in [1.54, 1.807) is 14.2 Å². The average Bonchev–Trinajstić information content (AvgIpc) is 3.49. The van der Waals surface area contributed by atoms with Gasteiger partial charge in [-0.05, 0) is 49.2 Å². The lowest BCUT2D eigenvalue weighted by Crippen LogP contribution is -2.24. The van der Waals surface area contributed by atoms with Crippen LogP contribution in [0.15, 0.2) is 72.8 Å². The molecular formula is C29H31N3O4. The SMILES string of the molecule is COc1cccc(N2CC(c3nc4ccccc4n3CCCCOc3ccccc3OC)CC2=O)c1. The number of aromatic nitrogens is 2. The van der Waals surface area contributed by atoms with Gasteiger partial charge in [0.05, 0.1) is 31.9 Å². The number of unbranched alkanes of at least 4 members (excludes halogenated alkanes) is 1. The molecule has 0 N–H and O–H groups in total. The lowest BCUT2D eigenvalue weighted by molar-refractivity contribution is -0.117. The van der Waals surface area contributed by atoms with E-state index in [0.29, 0.717) is 19.6 Å². The minimum Gasteiger partial charge on any atom is -0.497 e. The molecule has 1 unspecified atom stereocenters. The molecule has 0 radical (unpaired) electrons. The summed E-state index contributed by atoms with van der Waals surface area (Å²) in [6.07, 6.45) is 2.27. The zero-order chi connectivity index (χ0) is 24.9. The summed E-state index contributed by atoms with van der Waals surface area (Å²) in [6.45, 7) is 2.02. The highest BCUT2D eigenvalue weighted by molar-refractivity contribution is 5.96. The van der Waals surface area contributed by atoms with E-state index in [-0.39, 0.29) is 11.8 Å². The van der Waals surface area contributed by atoms with Gasteiger partial charge in [0.25, 0.3) is 0 Å². The summed E-state index contributed by atoms with van der Waals surface area (Å²) < 4.78 is 19.0. The molecule has 7 heteroatoms. The molecule has 2 heterocycles. The van der Waals surface area contributed by atoms with Crippen LogP contribution in [0.25, 0.3) is 11.0 Å². The zero-order valence-electron chi connectivity index (χ0n) is 20.7. The first-order valence-corrected chi connectivity index (χ1v) is 12.3. The maximum atomic E-state index is 13.0. The van der Waals surface area contributed by atoms with Crippen LogP contribution in [0.4, 0.5) is 5.69 Å². The molecule has 4 aromatic rings. The smallest absolute Gasteiger partial charge is 0.227 e. The fourth-order valence-electron chi connectivity index (χ4n) is 4.84. The number of fused-ring (bicyclic) bond motifs is 1. The van der Waals surface area contributed by atoms with Crippen LogP contribution in [-0.2, 0) is 11.3 Å². The van der Waals surface area contributed by atoms with Crippen LogP contribution in [0.1, 0.15) is 31.0 Å². The Hall–Kier alpha value is -4.00. The molecule has 1 amide bonds. The highest BCUT2D eigenvalue weighted by atomic mass is 16.5. The van der Waals surface area contributed by atoms with E-state index in [0.717, 1.165) is 59.2 Å². The second kappa shape index (κ2) is 10.7. The minimum absolute atomic E-state index is 0.0286. The topological polar surface area (TPSA) is 65.8 Å². The van der Waals surface area contributed by atoms with Crippen LogP contribution < -0.4 is 19.1 Å². The number of aryl methyl sites for hydroxylation is 1. The number of rotatable bonds is 10. The molecule has 1 fully saturated rings. The number of carbonyl (C=O) groups is 1. The molecule has 0 bridgehead atoms. The first kappa shape index (κ1) is 23.7. The summed E-state index contributed by atoms with van der Waals surface area (Å²) in [7, 11) is 3.29. The number of carbonyl (C=O) groups excluding carboxylic acids is 1. The van der Waals surface area contributed by atoms with Gasteiger partial charge in [-0.15, -0.1) is 0 Å².